The number of aromatic nitrogens is 1. The van der Waals surface area contributed by atoms with E-state index in [0.717, 1.165) is 50.3 Å². The minimum absolute atomic E-state index is 0.859. The van der Waals surface area contributed by atoms with Crippen LogP contribution in [0.1, 0.15) is 0 Å². The Balaban J connectivity index is 1.06. The van der Waals surface area contributed by atoms with E-state index in [0.29, 0.717) is 0 Å². The predicted molar refractivity (Wildman–Crippen MR) is 257 cm³/mol. The van der Waals surface area contributed by atoms with Crippen LogP contribution in [0.4, 0.5) is 17.1 Å². The van der Waals surface area contributed by atoms with Crippen molar-refractivity contribution in [2.24, 2.45) is 0 Å². The fraction of sp³-hybridized carbons (Fsp3) is 0. The Morgan fingerprint density at radius 1 is 0.361 bits per heavy atom. The maximum Gasteiger partial charge on any atom is 0.135 e. The summed E-state index contributed by atoms with van der Waals surface area (Å²) in [6, 6.07) is 82.8. The molecule has 0 spiro atoms. The monoisotopic (exact) mass is 778 g/mol. The third kappa shape index (κ3) is 5.82. The normalized spacial score (nSPS) is 11.6. The summed E-state index contributed by atoms with van der Waals surface area (Å²) in [5.41, 5.74) is 15.6. The van der Waals surface area contributed by atoms with E-state index in [-0.39, 0.29) is 0 Å². The van der Waals surface area contributed by atoms with Gasteiger partial charge in [0.25, 0.3) is 0 Å². The van der Waals surface area contributed by atoms with Gasteiger partial charge >= 0.3 is 0 Å². The van der Waals surface area contributed by atoms with Gasteiger partial charge in [-0.1, -0.05) is 164 Å². The first-order valence-electron chi connectivity index (χ1n) is 20.8. The van der Waals surface area contributed by atoms with Gasteiger partial charge in [0, 0.05) is 49.6 Å². The number of hydrogen-bond acceptors (Lipinski definition) is 2. The standard InChI is InChI=1S/C58H38N2O/c1-4-15-39(16-5-1)40-29-32-45(33-30-40)59(53-27-12-20-41-19-10-11-23-47(41)53)46-34-36-56-52(38-46)51-37-43(31-35-55(51)61-56)49-25-13-26-50-57-48(42-17-6-2-7-18-42)24-14-28-54(57)60(58(49)50)44-21-8-3-9-22-44/h1-38H. The molecule has 10 aromatic carbocycles. The Bertz CT molecular complexity index is 3560. The quantitative estimate of drug-likeness (QED) is 0.161. The molecule has 3 heteroatoms. The Morgan fingerprint density at radius 3 is 1.74 bits per heavy atom. The minimum Gasteiger partial charge on any atom is -0.456 e. The molecule has 0 saturated heterocycles. The van der Waals surface area contributed by atoms with Crippen molar-refractivity contribution in [1.29, 1.82) is 0 Å². The summed E-state index contributed by atoms with van der Waals surface area (Å²) in [5.74, 6) is 0. The Labute approximate surface area is 353 Å². The summed E-state index contributed by atoms with van der Waals surface area (Å²) in [4.78, 5) is 2.38. The second kappa shape index (κ2) is 14.3. The van der Waals surface area contributed by atoms with E-state index in [2.05, 4.69) is 240 Å². The highest BCUT2D eigenvalue weighted by molar-refractivity contribution is 6.19. The van der Waals surface area contributed by atoms with Gasteiger partial charge in [-0.2, -0.15) is 0 Å². The van der Waals surface area contributed by atoms with E-state index in [4.69, 9.17) is 4.42 Å². The molecule has 0 aliphatic rings. The van der Waals surface area contributed by atoms with Crippen LogP contribution in [0.25, 0.3) is 93.6 Å². The number of furan rings is 1. The van der Waals surface area contributed by atoms with Crippen LogP contribution in [0, 0.1) is 0 Å². The van der Waals surface area contributed by atoms with Crippen LogP contribution in [0.5, 0.6) is 0 Å². The molecule has 0 saturated carbocycles. The predicted octanol–water partition coefficient (Wildman–Crippen LogP) is 16.3. The molecule has 0 fully saturated rings. The molecule has 0 radical (unpaired) electrons. The van der Waals surface area contributed by atoms with Crippen LogP contribution >= 0.6 is 0 Å². The van der Waals surface area contributed by atoms with E-state index in [9.17, 15) is 0 Å². The largest absolute Gasteiger partial charge is 0.456 e. The smallest absolute Gasteiger partial charge is 0.135 e. The zero-order valence-corrected chi connectivity index (χ0v) is 33.2. The highest BCUT2D eigenvalue weighted by Crippen LogP contribution is 2.45. The van der Waals surface area contributed by atoms with Crippen LogP contribution in [0.3, 0.4) is 0 Å². The molecule has 0 aliphatic heterocycles. The third-order valence-electron chi connectivity index (χ3n) is 12.2. The van der Waals surface area contributed by atoms with E-state index in [1.54, 1.807) is 0 Å². The van der Waals surface area contributed by atoms with Crippen molar-refractivity contribution in [2.45, 2.75) is 0 Å². The zero-order chi connectivity index (χ0) is 40.3. The molecule has 0 amide bonds. The summed E-state index contributed by atoms with van der Waals surface area (Å²) >= 11 is 0. The molecule has 0 atom stereocenters. The first kappa shape index (κ1) is 34.9. The summed E-state index contributed by atoms with van der Waals surface area (Å²) in [6.45, 7) is 0. The maximum absolute atomic E-state index is 6.59. The Hall–Kier alpha value is -8.14. The maximum atomic E-state index is 6.59. The van der Waals surface area contributed by atoms with Crippen LogP contribution < -0.4 is 4.90 Å². The van der Waals surface area contributed by atoms with Crippen LogP contribution in [-0.4, -0.2) is 4.57 Å². The van der Waals surface area contributed by atoms with E-state index < -0.39 is 0 Å². The molecule has 286 valence electrons. The lowest BCUT2D eigenvalue weighted by molar-refractivity contribution is 0.669. The van der Waals surface area contributed by atoms with Gasteiger partial charge in [0.15, 0.2) is 0 Å². The number of hydrogen-bond donors (Lipinski definition) is 0. The minimum atomic E-state index is 0.859. The van der Waals surface area contributed by atoms with E-state index in [1.807, 2.05) is 0 Å². The van der Waals surface area contributed by atoms with E-state index in [1.165, 1.54) is 60.4 Å². The molecular weight excluding hydrogens is 741 g/mol. The SMILES string of the molecule is c1ccc(-c2ccc(N(c3ccc4oc5ccc(-c6cccc7c8c(-c9ccccc9)cccc8n(-c8ccccc8)c67)cc5c4c3)c3cccc4ccccc34)cc2)cc1. The topological polar surface area (TPSA) is 21.3 Å². The molecule has 12 rings (SSSR count). The summed E-state index contributed by atoms with van der Waals surface area (Å²) in [7, 11) is 0. The lowest BCUT2D eigenvalue weighted by atomic mass is 9.97. The van der Waals surface area contributed by atoms with Gasteiger partial charge in [0.1, 0.15) is 11.2 Å². The fourth-order valence-electron chi connectivity index (χ4n) is 9.39. The van der Waals surface area contributed by atoms with Crippen molar-refractivity contribution in [2.75, 3.05) is 4.90 Å². The lowest BCUT2D eigenvalue weighted by Gasteiger charge is -2.27. The molecule has 0 aliphatic carbocycles. The van der Waals surface area contributed by atoms with Gasteiger partial charge in [-0.25, -0.2) is 0 Å². The van der Waals surface area contributed by atoms with Gasteiger partial charge < -0.3 is 13.9 Å². The molecule has 0 bridgehead atoms. The number of rotatable bonds is 7. The lowest BCUT2D eigenvalue weighted by Crippen LogP contribution is -2.10. The summed E-state index contributed by atoms with van der Waals surface area (Å²) in [6.07, 6.45) is 0. The van der Waals surface area contributed by atoms with Gasteiger partial charge in [0.2, 0.25) is 0 Å². The van der Waals surface area contributed by atoms with Crippen molar-refractivity contribution in [3.63, 3.8) is 0 Å². The van der Waals surface area contributed by atoms with Crippen molar-refractivity contribution >= 4 is 71.6 Å². The van der Waals surface area contributed by atoms with Crippen molar-refractivity contribution < 1.29 is 4.42 Å². The number of para-hydroxylation sites is 2. The van der Waals surface area contributed by atoms with Gasteiger partial charge in [-0.05, 0) is 99.9 Å². The van der Waals surface area contributed by atoms with Crippen LogP contribution in [-0.2, 0) is 0 Å². The average Bonchev–Trinajstić information content (AvgIpc) is 3.88. The molecule has 61 heavy (non-hydrogen) atoms. The van der Waals surface area contributed by atoms with Gasteiger partial charge in [0.05, 0.1) is 16.7 Å². The van der Waals surface area contributed by atoms with Crippen molar-refractivity contribution in [3.05, 3.63) is 231 Å². The average molecular weight is 779 g/mol. The van der Waals surface area contributed by atoms with Crippen LogP contribution in [0.15, 0.2) is 235 Å². The highest BCUT2D eigenvalue weighted by atomic mass is 16.3. The number of benzene rings is 10. The Kier molecular flexibility index (Phi) is 8.17. The van der Waals surface area contributed by atoms with Crippen LogP contribution in [0.2, 0.25) is 0 Å². The Morgan fingerprint density at radius 2 is 0.934 bits per heavy atom. The highest BCUT2D eigenvalue weighted by Gasteiger charge is 2.21. The summed E-state index contributed by atoms with van der Waals surface area (Å²) < 4.78 is 9.03. The number of fused-ring (bicyclic) bond motifs is 7. The molecule has 2 aromatic heterocycles. The summed E-state index contributed by atoms with van der Waals surface area (Å²) in [5, 5.41) is 7.01. The number of nitrogens with zero attached hydrogens (tertiary/aromatic N) is 2. The first-order chi connectivity index (χ1) is 30.3. The van der Waals surface area contributed by atoms with Gasteiger partial charge in [-0.3, -0.25) is 0 Å². The molecule has 0 unspecified atom stereocenters. The van der Waals surface area contributed by atoms with Crippen molar-refractivity contribution in [1.82, 2.24) is 4.57 Å². The second-order valence-electron chi connectivity index (χ2n) is 15.7. The molecule has 12 aromatic rings. The molecular formula is C58H38N2O. The molecule has 0 N–H and O–H groups in total. The van der Waals surface area contributed by atoms with E-state index >= 15 is 0 Å². The first-order valence-corrected chi connectivity index (χ1v) is 20.8. The zero-order valence-electron chi connectivity index (χ0n) is 33.2. The molecule has 3 nitrogen and oxygen atoms in total. The fourth-order valence-corrected chi connectivity index (χ4v) is 9.39. The molecule has 2 heterocycles. The van der Waals surface area contributed by atoms with Crippen molar-refractivity contribution in [3.8, 4) is 39.1 Å². The second-order valence-corrected chi connectivity index (χ2v) is 15.7. The third-order valence-corrected chi connectivity index (χ3v) is 12.2. The number of anilines is 3. The van der Waals surface area contributed by atoms with Gasteiger partial charge in [-0.15, -0.1) is 0 Å².